The highest BCUT2D eigenvalue weighted by Gasteiger charge is 2.66. The fourth-order valence-electron chi connectivity index (χ4n) is 7.48. The van der Waals surface area contributed by atoms with Crippen LogP contribution in [0.1, 0.15) is 36.0 Å². The number of aromatic hydroxyl groups is 1. The molecular weight excluding hydrogens is 452 g/mol. The molecule has 2 bridgehead atoms. The number of phenolic OH excluding ortho intramolecular Hbond substituents is 1. The number of piperidine rings is 1. The Morgan fingerprint density at radius 3 is 2.92 bits per heavy atom. The Morgan fingerprint density at radius 2 is 2.17 bits per heavy atom. The third kappa shape index (κ3) is 3.19. The summed E-state index contributed by atoms with van der Waals surface area (Å²) in [7, 11) is 3.46. The molecule has 2 aromatic carbocycles. The lowest BCUT2D eigenvalue weighted by Gasteiger charge is -2.60. The van der Waals surface area contributed by atoms with E-state index in [2.05, 4.69) is 23.3 Å². The highest BCUT2D eigenvalue weighted by molar-refractivity contribution is 5.94. The van der Waals surface area contributed by atoms with Gasteiger partial charge in [-0.2, -0.15) is 0 Å². The minimum atomic E-state index is -0.262. The van der Waals surface area contributed by atoms with Gasteiger partial charge in [-0.1, -0.05) is 30.2 Å². The van der Waals surface area contributed by atoms with E-state index in [1.54, 1.807) is 18.1 Å². The van der Waals surface area contributed by atoms with E-state index >= 15 is 0 Å². The Bertz CT molecular complexity index is 1280. The Labute approximate surface area is 212 Å². The van der Waals surface area contributed by atoms with Crippen molar-refractivity contribution in [2.24, 2.45) is 5.92 Å². The highest BCUT2D eigenvalue weighted by Crippen LogP contribution is 2.65. The molecule has 4 aliphatic rings. The van der Waals surface area contributed by atoms with Crippen LogP contribution in [-0.4, -0.2) is 66.2 Å². The molecule has 36 heavy (non-hydrogen) atoms. The number of benzene rings is 2. The first-order valence-corrected chi connectivity index (χ1v) is 12.8. The molecule has 2 aliphatic heterocycles. The number of carbonyl (C=O) groups excluding carboxylic acids is 1. The third-order valence-electron chi connectivity index (χ3n) is 8.98. The van der Waals surface area contributed by atoms with Crippen LogP contribution in [0.15, 0.2) is 49.1 Å². The summed E-state index contributed by atoms with van der Waals surface area (Å²) in [5.41, 5.74) is 2.65. The average molecular weight is 485 g/mol. The maximum Gasteiger partial charge on any atom is 0.298 e. The third-order valence-corrected chi connectivity index (χ3v) is 8.98. The monoisotopic (exact) mass is 484 g/mol. The normalized spacial score (nSPS) is 29.3. The summed E-state index contributed by atoms with van der Waals surface area (Å²) < 4.78 is 12.5. The number of hydrogen-bond donors (Lipinski definition) is 1. The van der Waals surface area contributed by atoms with Gasteiger partial charge >= 0.3 is 0 Å². The Balaban J connectivity index is 1.41. The molecule has 1 saturated carbocycles. The van der Waals surface area contributed by atoms with E-state index in [-0.39, 0.29) is 29.2 Å². The molecule has 6 heteroatoms. The summed E-state index contributed by atoms with van der Waals surface area (Å²) in [4.78, 5) is 17.5. The SMILES string of the molecule is C=CCN1CC[C@]23c4c5c(O)cc(OC)c4O[C@H]2[C@H](N(C)C(=O)C#Cc2ccccc2)CC[C@H]3[C@H]1C5. The second-order valence-corrected chi connectivity index (χ2v) is 10.4. The van der Waals surface area contributed by atoms with Crippen molar-refractivity contribution in [1.82, 2.24) is 9.80 Å². The summed E-state index contributed by atoms with van der Waals surface area (Å²) in [5, 5.41) is 11.1. The second-order valence-electron chi connectivity index (χ2n) is 10.4. The maximum absolute atomic E-state index is 13.2. The molecule has 1 saturated heterocycles. The van der Waals surface area contributed by atoms with Crippen LogP contribution in [-0.2, 0) is 16.6 Å². The van der Waals surface area contributed by atoms with Gasteiger partial charge in [-0.3, -0.25) is 9.69 Å². The van der Waals surface area contributed by atoms with Gasteiger partial charge in [0.25, 0.3) is 5.91 Å². The van der Waals surface area contributed by atoms with Crippen molar-refractivity contribution in [3.8, 4) is 29.1 Å². The summed E-state index contributed by atoms with van der Waals surface area (Å²) >= 11 is 0. The molecule has 0 radical (unpaired) electrons. The second kappa shape index (κ2) is 8.60. The van der Waals surface area contributed by atoms with E-state index in [9.17, 15) is 9.90 Å². The van der Waals surface area contributed by atoms with Crippen LogP contribution in [0.2, 0.25) is 0 Å². The zero-order valence-corrected chi connectivity index (χ0v) is 20.9. The number of phenols is 1. The summed E-state index contributed by atoms with van der Waals surface area (Å²) in [6.45, 7) is 5.74. The molecule has 2 aliphatic carbocycles. The topological polar surface area (TPSA) is 62.2 Å². The van der Waals surface area contributed by atoms with E-state index in [1.807, 2.05) is 43.5 Å². The predicted molar refractivity (Wildman–Crippen MR) is 137 cm³/mol. The summed E-state index contributed by atoms with van der Waals surface area (Å²) in [5.74, 6) is 7.62. The molecule has 1 spiro atoms. The first-order valence-electron chi connectivity index (χ1n) is 12.8. The first-order chi connectivity index (χ1) is 17.5. The van der Waals surface area contributed by atoms with Gasteiger partial charge in [0.15, 0.2) is 11.5 Å². The number of rotatable bonds is 4. The van der Waals surface area contributed by atoms with Crippen LogP contribution in [0, 0.1) is 17.8 Å². The number of ether oxygens (including phenoxy) is 2. The van der Waals surface area contributed by atoms with Gasteiger partial charge in [0.2, 0.25) is 0 Å². The van der Waals surface area contributed by atoms with Crippen LogP contribution in [0.5, 0.6) is 17.2 Å². The van der Waals surface area contributed by atoms with Gasteiger partial charge in [0.05, 0.1) is 13.2 Å². The number of methoxy groups -OCH3 is 1. The van der Waals surface area contributed by atoms with Crippen molar-refractivity contribution in [2.75, 3.05) is 27.2 Å². The predicted octanol–water partition coefficient (Wildman–Crippen LogP) is 3.50. The minimum absolute atomic E-state index is 0.115. The van der Waals surface area contributed by atoms with Gasteiger partial charge in [-0.25, -0.2) is 0 Å². The van der Waals surface area contributed by atoms with Gasteiger partial charge in [-0.15, -0.1) is 6.58 Å². The Kier molecular flexibility index (Phi) is 5.49. The molecule has 5 atom stereocenters. The molecule has 6 rings (SSSR count). The van der Waals surface area contributed by atoms with E-state index < -0.39 is 0 Å². The smallest absolute Gasteiger partial charge is 0.298 e. The number of hydrogen-bond acceptors (Lipinski definition) is 5. The fraction of sp³-hybridized carbons (Fsp3) is 0.433. The zero-order chi connectivity index (χ0) is 25.0. The largest absolute Gasteiger partial charge is 0.508 e. The molecule has 2 heterocycles. The maximum atomic E-state index is 13.2. The van der Waals surface area contributed by atoms with Crippen molar-refractivity contribution in [2.45, 2.75) is 49.3 Å². The molecule has 1 N–H and O–H groups in total. The van der Waals surface area contributed by atoms with E-state index in [0.29, 0.717) is 17.7 Å². The van der Waals surface area contributed by atoms with Gasteiger partial charge in [-0.05, 0) is 50.3 Å². The van der Waals surface area contributed by atoms with Crippen LogP contribution in [0.4, 0.5) is 0 Å². The number of amides is 1. The number of nitrogens with zero attached hydrogens (tertiary/aromatic N) is 2. The highest BCUT2D eigenvalue weighted by atomic mass is 16.5. The number of likely N-dealkylation sites (N-methyl/N-ethyl adjacent to an activating group) is 1. The van der Waals surface area contributed by atoms with Gasteiger partial charge in [0, 0.05) is 53.7 Å². The first kappa shape index (κ1) is 23.0. The lowest BCUT2D eigenvalue weighted by Crippen LogP contribution is -2.68. The van der Waals surface area contributed by atoms with Crippen molar-refractivity contribution in [3.63, 3.8) is 0 Å². The zero-order valence-electron chi connectivity index (χ0n) is 20.9. The van der Waals surface area contributed by atoms with Crippen LogP contribution in [0.3, 0.4) is 0 Å². The van der Waals surface area contributed by atoms with Crippen LogP contribution >= 0.6 is 0 Å². The van der Waals surface area contributed by atoms with E-state index in [1.165, 1.54) is 0 Å². The molecule has 2 aromatic rings. The Morgan fingerprint density at radius 1 is 1.36 bits per heavy atom. The number of likely N-dealkylation sites (tertiary alicyclic amines) is 1. The fourth-order valence-corrected chi connectivity index (χ4v) is 7.48. The molecular formula is C30H32N2O4. The quantitative estimate of drug-likeness (QED) is 0.532. The van der Waals surface area contributed by atoms with E-state index in [4.69, 9.17) is 9.47 Å². The average Bonchev–Trinajstić information content (AvgIpc) is 3.24. The standard InChI is InChI=1S/C30H32N2O4/c1-4-15-32-16-14-30-21-11-12-22(31(2)26(34)13-10-19-8-6-5-7-9-19)29(30)36-28-25(35-3)18-24(33)20(27(28)30)17-23(21)32/h4-9,18,21-23,29,33H,1,11-12,14-17H2,2-3H3/t21-,22+,23+,29-,30-/m0/s1. The van der Waals surface area contributed by atoms with Gasteiger partial charge < -0.3 is 19.5 Å². The molecule has 2 fully saturated rings. The lowest BCUT2D eigenvalue weighted by molar-refractivity contribution is -0.134. The molecule has 0 unspecified atom stereocenters. The Hall–Kier alpha value is -3.43. The number of carbonyl (C=O) groups is 1. The molecule has 1 amide bonds. The van der Waals surface area contributed by atoms with Crippen molar-refractivity contribution < 1.29 is 19.4 Å². The van der Waals surface area contributed by atoms with Gasteiger partial charge in [0.1, 0.15) is 11.9 Å². The van der Waals surface area contributed by atoms with Crippen LogP contribution in [0.25, 0.3) is 0 Å². The van der Waals surface area contributed by atoms with E-state index in [0.717, 1.165) is 61.2 Å². The molecule has 186 valence electrons. The van der Waals surface area contributed by atoms with Crippen molar-refractivity contribution >= 4 is 5.91 Å². The lowest BCUT2D eigenvalue weighted by atomic mass is 9.51. The summed E-state index contributed by atoms with van der Waals surface area (Å²) in [6.07, 6.45) is 5.30. The van der Waals surface area contributed by atoms with Crippen molar-refractivity contribution in [1.29, 1.82) is 0 Å². The summed E-state index contributed by atoms with van der Waals surface area (Å²) in [6, 6.07) is 11.5. The molecule has 0 aromatic heterocycles. The van der Waals surface area contributed by atoms with Crippen molar-refractivity contribution in [3.05, 3.63) is 65.7 Å². The van der Waals surface area contributed by atoms with Crippen LogP contribution < -0.4 is 9.47 Å². The molecule has 6 nitrogen and oxygen atoms in total. The minimum Gasteiger partial charge on any atom is -0.508 e.